The van der Waals surface area contributed by atoms with Gasteiger partial charge in [-0.3, -0.25) is 4.79 Å². The molecule has 1 aromatic carbocycles. The second-order valence-electron chi connectivity index (χ2n) is 4.77. The number of carbonyl (C=O) groups excluding carboxylic acids is 1. The highest BCUT2D eigenvalue weighted by atomic mass is 16.4. The first-order valence-corrected chi connectivity index (χ1v) is 6.47. The molecule has 1 aliphatic rings. The number of aromatic carboxylic acids is 1. The Labute approximate surface area is 112 Å². The van der Waals surface area contributed by atoms with E-state index in [1.165, 1.54) is 0 Å². The van der Waals surface area contributed by atoms with Gasteiger partial charge < -0.3 is 15.7 Å². The lowest BCUT2D eigenvalue weighted by atomic mass is 9.99. The summed E-state index contributed by atoms with van der Waals surface area (Å²) < 4.78 is 0. The van der Waals surface area contributed by atoms with Crippen molar-refractivity contribution >= 4 is 11.9 Å². The minimum absolute atomic E-state index is 0.0245. The number of rotatable bonds is 4. The second kappa shape index (κ2) is 6.33. The molecule has 5 nitrogen and oxygen atoms in total. The van der Waals surface area contributed by atoms with Gasteiger partial charge in [0.05, 0.1) is 11.5 Å². The zero-order valence-electron chi connectivity index (χ0n) is 10.7. The Kier molecular flexibility index (Phi) is 4.52. The maximum atomic E-state index is 11.9. The van der Waals surface area contributed by atoms with Crippen LogP contribution in [0.1, 0.15) is 28.8 Å². The maximum Gasteiger partial charge on any atom is 0.335 e. The largest absolute Gasteiger partial charge is 0.478 e. The Balaban J connectivity index is 1.89. The van der Waals surface area contributed by atoms with E-state index >= 15 is 0 Å². The molecule has 1 amide bonds. The molecule has 0 spiro atoms. The van der Waals surface area contributed by atoms with Crippen LogP contribution in [-0.4, -0.2) is 30.1 Å². The lowest BCUT2D eigenvalue weighted by Crippen LogP contribution is -2.40. The van der Waals surface area contributed by atoms with Crippen molar-refractivity contribution in [2.24, 2.45) is 5.92 Å². The summed E-state index contributed by atoms with van der Waals surface area (Å²) in [5.74, 6) is -0.894. The third kappa shape index (κ3) is 3.79. The summed E-state index contributed by atoms with van der Waals surface area (Å²) in [6.45, 7) is 2.07. The van der Waals surface area contributed by atoms with E-state index in [9.17, 15) is 9.59 Å². The topological polar surface area (TPSA) is 78.4 Å². The molecule has 0 aliphatic carbocycles. The van der Waals surface area contributed by atoms with Gasteiger partial charge in [-0.25, -0.2) is 4.79 Å². The third-order valence-electron chi connectivity index (χ3n) is 3.31. The molecule has 1 fully saturated rings. The van der Waals surface area contributed by atoms with E-state index in [1.807, 2.05) is 6.07 Å². The highest BCUT2D eigenvalue weighted by Crippen LogP contribution is 2.10. The van der Waals surface area contributed by atoms with Gasteiger partial charge in [0.25, 0.3) is 0 Å². The lowest BCUT2D eigenvalue weighted by Gasteiger charge is -2.21. The van der Waals surface area contributed by atoms with Crippen LogP contribution in [0.4, 0.5) is 0 Å². The number of nitrogens with one attached hydrogen (secondary N) is 2. The molecule has 0 aromatic heterocycles. The molecule has 3 N–H and O–H groups in total. The molecule has 0 unspecified atom stereocenters. The molecule has 19 heavy (non-hydrogen) atoms. The highest BCUT2D eigenvalue weighted by Gasteiger charge is 2.20. The number of piperidine rings is 1. The number of carboxylic acids is 1. The summed E-state index contributed by atoms with van der Waals surface area (Å²) >= 11 is 0. The van der Waals surface area contributed by atoms with Crippen LogP contribution in [0.25, 0.3) is 0 Å². The van der Waals surface area contributed by atoms with Gasteiger partial charge in [0.15, 0.2) is 0 Å². The summed E-state index contributed by atoms with van der Waals surface area (Å²) in [6, 6.07) is 6.62. The van der Waals surface area contributed by atoms with Crippen LogP contribution >= 0.6 is 0 Å². The summed E-state index contributed by atoms with van der Waals surface area (Å²) in [6.07, 6.45) is 1.93. The number of carboxylic acid groups (broad SMARTS) is 1. The van der Waals surface area contributed by atoms with Gasteiger partial charge in [0.2, 0.25) is 5.91 Å². The van der Waals surface area contributed by atoms with Crippen LogP contribution in [-0.2, 0) is 11.3 Å². The van der Waals surface area contributed by atoms with Crippen molar-refractivity contribution < 1.29 is 14.7 Å². The predicted octanol–water partition coefficient (Wildman–Crippen LogP) is 1.00. The molecule has 0 saturated carbocycles. The van der Waals surface area contributed by atoms with Crippen LogP contribution in [0, 0.1) is 5.92 Å². The second-order valence-corrected chi connectivity index (χ2v) is 4.77. The molecule has 1 aliphatic heterocycles. The standard InChI is InChI=1S/C14H18N2O3/c17-13(12-5-2-6-15-9-12)16-8-10-3-1-4-11(7-10)14(18)19/h1,3-4,7,12,15H,2,5-6,8-9H2,(H,16,17)(H,18,19)/t12-/m1/s1. The molecule has 0 radical (unpaired) electrons. The van der Waals surface area contributed by atoms with Crippen molar-refractivity contribution in [1.29, 1.82) is 0 Å². The van der Waals surface area contributed by atoms with Crippen molar-refractivity contribution in [3.63, 3.8) is 0 Å². The van der Waals surface area contributed by atoms with E-state index in [2.05, 4.69) is 10.6 Å². The first kappa shape index (κ1) is 13.5. The Bertz CT molecular complexity index is 468. The number of benzene rings is 1. The molecule has 102 valence electrons. The summed E-state index contributed by atoms with van der Waals surface area (Å²) in [5, 5.41) is 15.0. The number of hydrogen-bond acceptors (Lipinski definition) is 3. The average Bonchev–Trinajstić information content (AvgIpc) is 2.46. The van der Waals surface area contributed by atoms with Crippen molar-refractivity contribution in [3.05, 3.63) is 35.4 Å². The van der Waals surface area contributed by atoms with Crippen molar-refractivity contribution in [1.82, 2.24) is 10.6 Å². The fourth-order valence-electron chi connectivity index (χ4n) is 2.22. The number of hydrogen-bond donors (Lipinski definition) is 3. The van der Waals surface area contributed by atoms with Crippen LogP contribution in [0.15, 0.2) is 24.3 Å². The maximum absolute atomic E-state index is 11.9. The van der Waals surface area contributed by atoms with Crippen LogP contribution in [0.5, 0.6) is 0 Å². The molecule has 1 heterocycles. The van der Waals surface area contributed by atoms with Crippen LogP contribution in [0.3, 0.4) is 0 Å². The van der Waals surface area contributed by atoms with Crippen molar-refractivity contribution in [2.45, 2.75) is 19.4 Å². The molecular formula is C14H18N2O3. The van der Waals surface area contributed by atoms with Gasteiger partial charge >= 0.3 is 5.97 Å². The predicted molar refractivity (Wildman–Crippen MR) is 70.8 cm³/mol. The summed E-state index contributed by atoms with van der Waals surface area (Å²) in [4.78, 5) is 22.8. The minimum atomic E-state index is -0.954. The van der Waals surface area contributed by atoms with E-state index in [-0.39, 0.29) is 17.4 Å². The first-order valence-electron chi connectivity index (χ1n) is 6.47. The van der Waals surface area contributed by atoms with E-state index in [0.29, 0.717) is 6.54 Å². The zero-order valence-corrected chi connectivity index (χ0v) is 10.7. The summed E-state index contributed by atoms with van der Waals surface area (Å²) in [5.41, 5.74) is 1.04. The van der Waals surface area contributed by atoms with Crippen LogP contribution in [0.2, 0.25) is 0 Å². The Hall–Kier alpha value is -1.88. The Morgan fingerprint density at radius 1 is 1.42 bits per heavy atom. The van der Waals surface area contributed by atoms with Gasteiger partial charge in [0, 0.05) is 13.1 Å². The summed E-state index contributed by atoms with van der Waals surface area (Å²) in [7, 11) is 0. The SMILES string of the molecule is O=C(O)c1cccc(CNC(=O)[C@@H]2CCCNC2)c1. The molecule has 1 aromatic rings. The molecule has 5 heteroatoms. The minimum Gasteiger partial charge on any atom is -0.478 e. The Morgan fingerprint density at radius 3 is 2.95 bits per heavy atom. The van der Waals surface area contributed by atoms with Gasteiger partial charge in [-0.05, 0) is 37.1 Å². The highest BCUT2D eigenvalue weighted by molar-refractivity contribution is 5.87. The number of amides is 1. The fourth-order valence-corrected chi connectivity index (χ4v) is 2.22. The van der Waals surface area contributed by atoms with E-state index < -0.39 is 5.97 Å². The first-order chi connectivity index (χ1) is 9.16. The zero-order chi connectivity index (χ0) is 13.7. The monoisotopic (exact) mass is 262 g/mol. The van der Waals surface area contributed by atoms with Gasteiger partial charge in [-0.1, -0.05) is 12.1 Å². The molecule has 2 rings (SSSR count). The van der Waals surface area contributed by atoms with E-state index in [4.69, 9.17) is 5.11 Å². The van der Waals surface area contributed by atoms with Gasteiger partial charge in [-0.15, -0.1) is 0 Å². The molecule has 1 atom stereocenters. The van der Waals surface area contributed by atoms with Crippen molar-refractivity contribution in [2.75, 3.05) is 13.1 Å². The molecular weight excluding hydrogens is 244 g/mol. The van der Waals surface area contributed by atoms with E-state index in [1.54, 1.807) is 18.2 Å². The smallest absolute Gasteiger partial charge is 0.335 e. The quantitative estimate of drug-likeness (QED) is 0.756. The van der Waals surface area contributed by atoms with Gasteiger partial charge in [0.1, 0.15) is 0 Å². The van der Waals surface area contributed by atoms with Gasteiger partial charge in [-0.2, -0.15) is 0 Å². The number of carbonyl (C=O) groups is 2. The molecule has 1 saturated heterocycles. The third-order valence-corrected chi connectivity index (χ3v) is 3.31. The fraction of sp³-hybridized carbons (Fsp3) is 0.429. The molecule has 0 bridgehead atoms. The normalized spacial score (nSPS) is 18.8. The van der Waals surface area contributed by atoms with Crippen LogP contribution < -0.4 is 10.6 Å². The van der Waals surface area contributed by atoms with E-state index in [0.717, 1.165) is 31.5 Å². The average molecular weight is 262 g/mol. The van der Waals surface area contributed by atoms with Crippen molar-refractivity contribution in [3.8, 4) is 0 Å². The lowest BCUT2D eigenvalue weighted by molar-refractivity contribution is -0.125. The Morgan fingerprint density at radius 2 is 2.26 bits per heavy atom.